The Labute approximate surface area is 334 Å². The molecule has 1 aliphatic heterocycles. The minimum Gasteiger partial charge on any atom is -0.493 e. The normalized spacial score (nSPS) is 13.2. The van der Waals surface area contributed by atoms with Gasteiger partial charge in [-0.3, -0.25) is 19.8 Å². The number of carbonyl (C=O) groups is 3. The van der Waals surface area contributed by atoms with E-state index in [4.69, 9.17) is 52.1 Å². The summed E-state index contributed by atoms with van der Waals surface area (Å²) in [6, 6.07) is 7.88. The van der Waals surface area contributed by atoms with Crippen molar-refractivity contribution in [1.29, 1.82) is 0 Å². The van der Waals surface area contributed by atoms with Crippen LogP contribution in [0.2, 0.25) is 0 Å². The van der Waals surface area contributed by atoms with Gasteiger partial charge in [0, 0.05) is 13.4 Å². The van der Waals surface area contributed by atoms with Crippen LogP contribution in [-0.2, 0) is 52.5 Å². The third kappa shape index (κ3) is 17.2. The summed E-state index contributed by atoms with van der Waals surface area (Å²) in [5, 5.41) is 2.51. The highest BCUT2D eigenvalue weighted by atomic mass is 32.2. The topological polar surface area (TPSA) is 202 Å². The molecule has 18 nitrogen and oxygen atoms in total. The summed E-state index contributed by atoms with van der Waals surface area (Å²) in [5.74, 6) is -1.30. The Kier molecular flexibility index (Phi) is 22.4. The van der Waals surface area contributed by atoms with Crippen molar-refractivity contribution in [2.75, 3.05) is 144 Å². The van der Waals surface area contributed by atoms with Crippen molar-refractivity contribution in [1.82, 2.24) is 4.90 Å². The summed E-state index contributed by atoms with van der Waals surface area (Å²) in [4.78, 5) is 41.0. The van der Waals surface area contributed by atoms with E-state index >= 15 is 0 Å². The van der Waals surface area contributed by atoms with Crippen LogP contribution >= 0.6 is 0 Å². The number of fused-ring (bicyclic) bond motifs is 1. The number of carbonyl (C=O) groups excluding carboxylic acids is 3. The van der Waals surface area contributed by atoms with Gasteiger partial charge in [0.05, 0.1) is 141 Å². The van der Waals surface area contributed by atoms with Crippen molar-refractivity contribution >= 4 is 33.4 Å². The van der Waals surface area contributed by atoms with Crippen molar-refractivity contribution in [2.24, 2.45) is 0 Å². The van der Waals surface area contributed by atoms with Crippen LogP contribution in [0, 0.1) is 0 Å². The van der Waals surface area contributed by atoms with E-state index in [1.807, 2.05) is 0 Å². The highest BCUT2D eigenvalue weighted by Gasteiger charge is 2.43. The molecule has 0 radical (unpaired) electrons. The number of rotatable bonds is 32. The van der Waals surface area contributed by atoms with Crippen LogP contribution in [0.3, 0.4) is 0 Å². The lowest BCUT2D eigenvalue weighted by Crippen LogP contribution is -2.37. The summed E-state index contributed by atoms with van der Waals surface area (Å²) >= 11 is 0. The van der Waals surface area contributed by atoms with Crippen molar-refractivity contribution in [3.05, 3.63) is 53.1 Å². The molecule has 320 valence electrons. The number of nitrogens with zero attached hydrogens (tertiary/aromatic N) is 1. The molecule has 0 saturated carbocycles. The van der Waals surface area contributed by atoms with Gasteiger partial charge in [-0.1, -0.05) is 12.1 Å². The van der Waals surface area contributed by atoms with Gasteiger partial charge in [-0.25, -0.2) is 13.2 Å². The van der Waals surface area contributed by atoms with E-state index in [-0.39, 0.29) is 36.6 Å². The highest BCUT2D eigenvalue weighted by molar-refractivity contribution is 7.90. The second kappa shape index (κ2) is 26.9. The van der Waals surface area contributed by atoms with E-state index in [2.05, 4.69) is 5.32 Å². The Morgan fingerprint density at radius 3 is 1.67 bits per heavy atom. The Bertz CT molecular complexity index is 1630. The molecule has 1 aliphatic rings. The van der Waals surface area contributed by atoms with Crippen LogP contribution in [0.5, 0.6) is 11.5 Å². The van der Waals surface area contributed by atoms with Crippen molar-refractivity contribution < 1.29 is 74.9 Å². The zero-order valence-electron chi connectivity index (χ0n) is 33.2. The van der Waals surface area contributed by atoms with Gasteiger partial charge in [0.15, 0.2) is 11.5 Å². The average molecular weight is 829 g/mol. The summed E-state index contributed by atoms with van der Waals surface area (Å²) in [6.45, 7) is 8.26. The number of nitrogens with one attached hydrogen (secondary N) is 1. The van der Waals surface area contributed by atoms with E-state index in [1.54, 1.807) is 32.2 Å². The summed E-state index contributed by atoms with van der Waals surface area (Å²) in [7, 11) is -0.609. The Balaban J connectivity index is 1.29. The second-order valence-corrected chi connectivity index (χ2v) is 14.4. The van der Waals surface area contributed by atoms with E-state index in [9.17, 15) is 22.8 Å². The van der Waals surface area contributed by atoms with E-state index in [0.29, 0.717) is 110 Å². The number of sulfone groups is 1. The lowest BCUT2D eigenvalue weighted by atomic mass is 10.1. The SMILES string of the molecule is CCOc1cc([C@H](CS(C)(=O)=O)N2C(=O)c3cccc(NC(=O)OCCOCCOCCOCCOCCOCCOCCOCCOC)c3C2=O)ccc1OC. The van der Waals surface area contributed by atoms with Gasteiger partial charge >= 0.3 is 6.09 Å². The molecular weight excluding hydrogens is 772 g/mol. The molecule has 0 fully saturated rings. The van der Waals surface area contributed by atoms with E-state index in [0.717, 1.165) is 11.2 Å². The van der Waals surface area contributed by atoms with Crippen LogP contribution in [-0.4, -0.2) is 170 Å². The van der Waals surface area contributed by atoms with Crippen LogP contribution < -0.4 is 14.8 Å². The van der Waals surface area contributed by atoms with Gasteiger partial charge in [0.2, 0.25) is 0 Å². The van der Waals surface area contributed by atoms with Gasteiger partial charge in [0.25, 0.3) is 11.8 Å². The lowest BCUT2D eigenvalue weighted by Gasteiger charge is -2.27. The molecular formula is C38H56N2O16S. The standard InChI is InChI=1S/C38H56N2O16S/c1-5-55-34-27-29(9-10-33(34)47-3)32(28-57(4,44)45)40-36(41)30-7-6-8-31(35(30)37(40)42)39-38(43)56-26-25-54-24-23-53-22-21-52-20-19-51-18-17-50-16-15-49-14-13-48-12-11-46-2/h6-10,27,32H,5,11-26,28H2,1-4H3,(H,39,43)/t32-/m0/s1. The van der Waals surface area contributed by atoms with Crippen LogP contribution in [0.4, 0.5) is 10.5 Å². The van der Waals surface area contributed by atoms with Crippen LogP contribution in [0.25, 0.3) is 0 Å². The molecule has 2 aromatic rings. The maximum atomic E-state index is 13.8. The van der Waals surface area contributed by atoms with Gasteiger partial charge in [-0.05, 0) is 36.8 Å². The molecule has 0 spiro atoms. The molecule has 19 heteroatoms. The quantitative estimate of drug-likeness (QED) is 0.0833. The second-order valence-electron chi connectivity index (χ2n) is 12.2. The molecule has 3 amide bonds. The minimum absolute atomic E-state index is 0.00714. The molecule has 0 saturated heterocycles. The first-order chi connectivity index (χ1) is 27.6. The Morgan fingerprint density at radius 1 is 0.684 bits per heavy atom. The predicted molar refractivity (Wildman–Crippen MR) is 206 cm³/mol. The fourth-order valence-electron chi connectivity index (χ4n) is 5.37. The van der Waals surface area contributed by atoms with Gasteiger partial charge in [-0.2, -0.15) is 0 Å². The van der Waals surface area contributed by atoms with Crippen molar-refractivity contribution in [3.8, 4) is 11.5 Å². The molecule has 1 heterocycles. The molecule has 2 aromatic carbocycles. The van der Waals surface area contributed by atoms with Gasteiger partial charge in [-0.15, -0.1) is 0 Å². The first kappa shape index (κ1) is 47.5. The maximum absolute atomic E-state index is 13.8. The Hall–Kier alpha value is -3.92. The van der Waals surface area contributed by atoms with Gasteiger partial charge < -0.3 is 52.1 Å². The van der Waals surface area contributed by atoms with E-state index < -0.39 is 39.5 Å². The summed E-state index contributed by atoms with van der Waals surface area (Å²) in [6.07, 6.45) is 0.144. The lowest BCUT2D eigenvalue weighted by molar-refractivity contribution is -0.0230. The summed E-state index contributed by atoms with van der Waals surface area (Å²) < 4.78 is 84.1. The number of benzene rings is 2. The number of ether oxygens (including phenoxy) is 11. The average Bonchev–Trinajstić information content (AvgIpc) is 3.44. The number of hydrogen-bond acceptors (Lipinski definition) is 16. The summed E-state index contributed by atoms with van der Waals surface area (Å²) in [5.41, 5.74) is 0.307. The largest absolute Gasteiger partial charge is 0.493 e. The smallest absolute Gasteiger partial charge is 0.411 e. The number of anilines is 1. The molecule has 57 heavy (non-hydrogen) atoms. The monoisotopic (exact) mass is 828 g/mol. The number of amides is 3. The molecule has 0 bridgehead atoms. The molecule has 0 unspecified atom stereocenters. The predicted octanol–water partition coefficient (Wildman–Crippen LogP) is 2.79. The number of methoxy groups -OCH3 is 2. The Morgan fingerprint density at radius 2 is 1.19 bits per heavy atom. The molecule has 0 aromatic heterocycles. The van der Waals surface area contributed by atoms with Crippen LogP contribution in [0.1, 0.15) is 39.2 Å². The molecule has 0 aliphatic carbocycles. The molecule has 1 N–H and O–H groups in total. The van der Waals surface area contributed by atoms with Crippen LogP contribution in [0.15, 0.2) is 36.4 Å². The van der Waals surface area contributed by atoms with Gasteiger partial charge in [0.1, 0.15) is 16.4 Å². The highest BCUT2D eigenvalue weighted by Crippen LogP contribution is 2.38. The third-order valence-electron chi connectivity index (χ3n) is 7.95. The van der Waals surface area contributed by atoms with Crippen molar-refractivity contribution in [3.63, 3.8) is 0 Å². The third-order valence-corrected chi connectivity index (χ3v) is 8.87. The minimum atomic E-state index is -3.69. The number of imide groups is 1. The number of hydrogen-bond donors (Lipinski definition) is 1. The molecule has 1 atom stereocenters. The zero-order valence-corrected chi connectivity index (χ0v) is 34.0. The zero-order chi connectivity index (χ0) is 41.3. The fourth-order valence-corrected chi connectivity index (χ4v) is 6.28. The van der Waals surface area contributed by atoms with E-state index in [1.165, 1.54) is 25.3 Å². The van der Waals surface area contributed by atoms with Crippen molar-refractivity contribution in [2.45, 2.75) is 13.0 Å². The fraction of sp³-hybridized carbons (Fsp3) is 0.605. The molecule has 3 rings (SSSR count). The maximum Gasteiger partial charge on any atom is 0.411 e. The first-order valence-corrected chi connectivity index (χ1v) is 20.6. The first-order valence-electron chi connectivity index (χ1n) is 18.6.